The van der Waals surface area contributed by atoms with Gasteiger partial charge in [-0.15, -0.1) is 0 Å². The van der Waals surface area contributed by atoms with Crippen LogP contribution < -0.4 is 9.64 Å². The van der Waals surface area contributed by atoms with Gasteiger partial charge in [0.2, 0.25) is 0 Å². The number of hydrogen-bond donors (Lipinski definition) is 0. The lowest BCUT2D eigenvalue weighted by Crippen LogP contribution is -2.31. The van der Waals surface area contributed by atoms with Crippen molar-refractivity contribution in [2.24, 2.45) is 0 Å². The molecular formula is C28H23N3O. The Morgan fingerprint density at radius 3 is 2.03 bits per heavy atom. The van der Waals surface area contributed by atoms with Gasteiger partial charge in [-0.3, -0.25) is 4.57 Å². The molecule has 5 aromatic rings. The van der Waals surface area contributed by atoms with Gasteiger partial charge in [-0.2, -0.15) is 4.98 Å². The highest BCUT2D eigenvalue weighted by atomic mass is 16.5. The van der Waals surface area contributed by atoms with Crippen molar-refractivity contribution in [3.05, 3.63) is 109 Å². The molecule has 6 rings (SSSR count). The van der Waals surface area contributed by atoms with E-state index in [2.05, 4.69) is 96.1 Å². The molecule has 0 radical (unpaired) electrons. The quantitative estimate of drug-likeness (QED) is 0.306. The van der Waals surface area contributed by atoms with Gasteiger partial charge in [0.25, 0.3) is 0 Å². The molecule has 32 heavy (non-hydrogen) atoms. The van der Waals surface area contributed by atoms with Gasteiger partial charge < -0.3 is 9.64 Å². The Balaban J connectivity index is 1.51. The Morgan fingerprint density at radius 1 is 0.719 bits per heavy atom. The van der Waals surface area contributed by atoms with Gasteiger partial charge in [-0.1, -0.05) is 54.6 Å². The van der Waals surface area contributed by atoms with E-state index in [4.69, 9.17) is 9.72 Å². The fourth-order valence-electron chi connectivity index (χ4n) is 4.67. The second kappa shape index (κ2) is 6.99. The molecule has 2 heterocycles. The molecule has 1 aromatic heterocycles. The number of nitrogens with zero attached hydrogens (tertiary/aromatic N) is 3. The van der Waals surface area contributed by atoms with Crippen LogP contribution in [0.2, 0.25) is 0 Å². The standard InChI is InChI=1S/C28H23N3O/c1-28(2)23-18-17-22(30(20-11-5-3-6-12-20)21-13-7-4-8-14-21)19-26(23)32-27-29-24-15-9-10-16-25(24)31(27)28/h3-19H,1-2H3. The van der Waals surface area contributed by atoms with Gasteiger partial charge in [0, 0.05) is 28.7 Å². The number of imidazole rings is 1. The number of rotatable bonds is 3. The number of ether oxygens (including phenoxy) is 1. The fourth-order valence-corrected chi connectivity index (χ4v) is 4.67. The van der Waals surface area contributed by atoms with Gasteiger partial charge in [-0.05, 0) is 56.3 Å². The van der Waals surface area contributed by atoms with Crippen LogP contribution >= 0.6 is 0 Å². The Labute approximate surface area is 187 Å². The number of fused-ring (bicyclic) bond motifs is 4. The highest BCUT2D eigenvalue weighted by Gasteiger charge is 2.36. The minimum absolute atomic E-state index is 0.290. The molecule has 0 fully saturated rings. The van der Waals surface area contributed by atoms with Crippen LogP contribution in [0.5, 0.6) is 11.8 Å². The first-order valence-corrected chi connectivity index (χ1v) is 10.8. The van der Waals surface area contributed by atoms with E-state index < -0.39 is 0 Å². The average molecular weight is 418 g/mol. The first-order valence-electron chi connectivity index (χ1n) is 10.8. The predicted molar refractivity (Wildman–Crippen MR) is 129 cm³/mol. The molecule has 0 bridgehead atoms. The van der Waals surface area contributed by atoms with Crippen molar-refractivity contribution >= 4 is 28.1 Å². The Morgan fingerprint density at radius 2 is 1.34 bits per heavy atom. The first-order chi connectivity index (χ1) is 15.6. The molecule has 0 spiro atoms. The number of benzene rings is 4. The minimum atomic E-state index is -0.290. The van der Waals surface area contributed by atoms with Crippen LogP contribution in [0.1, 0.15) is 19.4 Å². The number of para-hydroxylation sites is 4. The molecule has 1 aliphatic rings. The molecule has 0 N–H and O–H groups in total. The molecule has 4 aromatic carbocycles. The van der Waals surface area contributed by atoms with Crippen LogP contribution in [0.25, 0.3) is 11.0 Å². The Hall–Kier alpha value is -4.05. The van der Waals surface area contributed by atoms with E-state index in [1.807, 2.05) is 30.3 Å². The summed E-state index contributed by atoms with van der Waals surface area (Å²) < 4.78 is 8.58. The predicted octanol–water partition coefficient (Wildman–Crippen LogP) is 7.40. The zero-order chi connectivity index (χ0) is 21.7. The van der Waals surface area contributed by atoms with E-state index in [1.165, 1.54) is 0 Å². The molecule has 0 atom stereocenters. The third-order valence-corrected chi connectivity index (χ3v) is 6.20. The van der Waals surface area contributed by atoms with Gasteiger partial charge in [-0.25, -0.2) is 0 Å². The third-order valence-electron chi connectivity index (χ3n) is 6.20. The molecule has 0 saturated carbocycles. The zero-order valence-electron chi connectivity index (χ0n) is 18.1. The number of anilines is 3. The maximum absolute atomic E-state index is 6.39. The largest absolute Gasteiger partial charge is 0.425 e. The topological polar surface area (TPSA) is 30.3 Å². The highest BCUT2D eigenvalue weighted by molar-refractivity contribution is 5.80. The number of hydrogen-bond acceptors (Lipinski definition) is 3. The van der Waals surface area contributed by atoms with Gasteiger partial charge >= 0.3 is 6.01 Å². The Bertz CT molecular complexity index is 1380. The third kappa shape index (κ3) is 2.80. The maximum Gasteiger partial charge on any atom is 0.303 e. The zero-order valence-corrected chi connectivity index (χ0v) is 18.1. The molecule has 4 nitrogen and oxygen atoms in total. The summed E-state index contributed by atoms with van der Waals surface area (Å²) in [5, 5.41) is 0. The normalized spacial score (nSPS) is 13.8. The van der Waals surface area contributed by atoms with Gasteiger partial charge in [0.1, 0.15) is 5.75 Å². The maximum atomic E-state index is 6.39. The second-order valence-corrected chi connectivity index (χ2v) is 8.57. The summed E-state index contributed by atoms with van der Waals surface area (Å²) >= 11 is 0. The van der Waals surface area contributed by atoms with Crippen molar-refractivity contribution in [2.75, 3.05) is 4.90 Å². The molecule has 156 valence electrons. The molecule has 4 heteroatoms. The van der Waals surface area contributed by atoms with Crippen molar-refractivity contribution in [3.63, 3.8) is 0 Å². The van der Waals surface area contributed by atoms with Crippen LogP contribution in [-0.2, 0) is 5.54 Å². The highest BCUT2D eigenvalue weighted by Crippen LogP contribution is 2.47. The lowest BCUT2D eigenvalue weighted by atomic mass is 9.91. The van der Waals surface area contributed by atoms with Crippen molar-refractivity contribution in [1.82, 2.24) is 9.55 Å². The van der Waals surface area contributed by atoms with Crippen molar-refractivity contribution in [2.45, 2.75) is 19.4 Å². The SMILES string of the molecule is CC1(C)c2ccc(N(c3ccccc3)c3ccccc3)cc2Oc2nc3ccccc3n21. The smallest absolute Gasteiger partial charge is 0.303 e. The van der Waals surface area contributed by atoms with E-state index in [0.717, 1.165) is 39.4 Å². The summed E-state index contributed by atoms with van der Waals surface area (Å²) in [6.07, 6.45) is 0. The van der Waals surface area contributed by atoms with Gasteiger partial charge in [0.05, 0.1) is 16.6 Å². The molecule has 0 amide bonds. The van der Waals surface area contributed by atoms with Crippen LogP contribution in [0.3, 0.4) is 0 Å². The van der Waals surface area contributed by atoms with Crippen LogP contribution in [0, 0.1) is 0 Å². The van der Waals surface area contributed by atoms with Crippen LogP contribution in [0.4, 0.5) is 17.1 Å². The summed E-state index contributed by atoms with van der Waals surface area (Å²) in [4.78, 5) is 7.01. The van der Waals surface area contributed by atoms with E-state index in [1.54, 1.807) is 0 Å². The fraction of sp³-hybridized carbons (Fsp3) is 0.107. The van der Waals surface area contributed by atoms with Crippen LogP contribution in [-0.4, -0.2) is 9.55 Å². The summed E-state index contributed by atoms with van der Waals surface area (Å²) in [6.45, 7) is 4.44. The van der Waals surface area contributed by atoms with E-state index in [-0.39, 0.29) is 5.54 Å². The van der Waals surface area contributed by atoms with Crippen molar-refractivity contribution < 1.29 is 4.74 Å². The molecule has 0 saturated heterocycles. The molecule has 0 aliphatic carbocycles. The first kappa shape index (κ1) is 18.7. The second-order valence-electron chi connectivity index (χ2n) is 8.57. The van der Waals surface area contributed by atoms with Crippen molar-refractivity contribution in [1.29, 1.82) is 0 Å². The minimum Gasteiger partial charge on any atom is -0.425 e. The lowest BCUT2D eigenvalue weighted by Gasteiger charge is -2.35. The van der Waals surface area contributed by atoms with Crippen molar-refractivity contribution in [3.8, 4) is 11.8 Å². The molecular weight excluding hydrogens is 394 g/mol. The van der Waals surface area contributed by atoms with Crippen LogP contribution in [0.15, 0.2) is 103 Å². The van der Waals surface area contributed by atoms with E-state index in [9.17, 15) is 0 Å². The van der Waals surface area contributed by atoms with E-state index in [0.29, 0.717) is 6.01 Å². The summed E-state index contributed by atoms with van der Waals surface area (Å²) in [5.74, 6) is 0.840. The lowest BCUT2D eigenvalue weighted by molar-refractivity contribution is 0.306. The Kier molecular flexibility index (Phi) is 4.08. The summed E-state index contributed by atoms with van der Waals surface area (Å²) in [5.41, 5.74) is 6.11. The van der Waals surface area contributed by atoms with E-state index >= 15 is 0 Å². The summed E-state index contributed by atoms with van der Waals surface area (Å²) in [7, 11) is 0. The number of aromatic nitrogens is 2. The average Bonchev–Trinajstić information content (AvgIpc) is 3.20. The summed E-state index contributed by atoms with van der Waals surface area (Å²) in [6, 6.07) is 36.1. The van der Waals surface area contributed by atoms with Gasteiger partial charge in [0.15, 0.2) is 0 Å². The monoisotopic (exact) mass is 417 g/mol. The molecule has 0 unspecified atom stereocenters. The molecule has 1 aliphatic heterocycles.